The van der Waals surface area contributed by atoms with Gasteiger partial charge in [-0.2, -0.15) is 11.8 Å². The molecule has 30 heavy (non-hydrogen) atoms. The zero-order valence-electron chi connectivity index (χ0n) is 17.1. The van der Waals surface area contributed by atoms with E-state index >= 15 is 0 Å². The van der Waals surface area contributed by atoms with Crippen LogP contribution in [-0.4, -0.2) is 47.9 Å². The van der Waals surface area contributed by atoms with Gasteiger partial charge in [0.05, 0.1) is 11.6 Å². The van der Waals surface area contributed by atoms with E-state index in [1.807, 2.05) is 30.8 Å². The topological polar surface area (TPSA) is 52.7 Å². The molecule has 0 saturated carbocycles. The van der Waals surface area contributed by atoms with Gasteiger partial charge in [-0.05, 0) is 36.2 Å². The molecular weight excluding hydrogens is 401 g/mol. The van der Waals surface area contributed by atoms with Crippen molar-refractivity contribution < 1.29 is 14.0 Å². The van der Waals surface area contributed by atoms with Gasteiger partial charge in [0, 0.05) is 49.8 Å². The van der Waals surface area contributed by atoms with Crippen molar-refractivity contribution in [2.24, 2.45) is 5.92 Å². The zero-order chi connectivity index (χ0) is 21.1. The molecule has 5 nitrogen and oxygen atoms in total. The first-order valence-electron chi connectivity index (χ1n) is 10.3. The SMILES string of the molecule is Cc1ccc(CN2CCSCC2)cc1NC(=O)C1CC(=O)N(c2ccccc2F)C1. The summed E-state index contributed by atoms with van der Waals surface area (Å²) in [5, 5.41) is 3.00. The van der Waals surface area contributed by atoms with Crippen LogP contribution in [0.5, 0.6) is 0 Å². The fourth-order valence-corrected chi connectivity index (χ4v) is 4.92. The summed E-state index contributed by atoms with van der Waals surface area (Å²) in [6.07, 6.45) is 0.0876. The van der Waals surface area contributed by atoms with Crippen LogP contribution in [0.1, 0.15) is 17.5 Å². The van der Waals surface area contributed by atoms with Gasteiger partial charge in [0.25, 0.3) is 0 Å². The van der Waals surface area contributed by atoms with Crippen LogP contribution in [-0.2, 0) is 16.1 Å². The molecule has 0 aromatic heterocycles. The summed E-state index contributed by atoms with van der Waals surface area (Å²) < 4.78 is 14.1. The Morgan fingerprint density at radius 2 is 1.97 bits per heavy atom. The number of thioether (sulfide) groups is 1. The maximum Gasteiger partial charge on any atom is 0.229 e. The smallest absolute Gasteiger partial charge is 0.229 e. The van der Waals surface area contributed by atoms with Gasteiger partial charge in [0.2, 0.25) is 11.8 Å². The molecule has 4 rings (SSSR count). The number of benzene rings is 2. The van der Waals surface area contributed by atoms with Crippen molar-refractivity contribution in [1.29, 1.82) is 0 Å². The molecule has 2 amide bonds. The van der Waals surface area contributed by atoms with Crippen molar-refractivity contribution in [3.8, 4) is 0 Å². The number of hydrogen-bond donors (Lipinski definition) is 1. The van der Waals surface area contributed by atoms with Crippen molar-refractivity contribution >= 4 is 35.0 Å². The van der Waals surface area contributed by atoms with Crippen molar-refractivity contribution in [2.45, 2.75) is 19.9 Å². The first-order valence-corrected chi connectivity index (χ1v) is 11.4. The highest BCUT2D eigenvalue weighted by Gasteiger charge is 2.36. The summed E-state index contributed by atoms with van der Waals surface area (Å²) >= 11 is 1.98. The fraction of sp³-hybridized carbons (Fsp3) is 0.391. The average molecular weight is 428 g/mol. The molecule has 1 atom stereocenters. The Balaban J connectivity index is 1.43. The number of aryl methyl sites for hydroxylation is 1. The van der Waals surface area contributed by atoms with Gasteiger partial charge in [-0.25, -0.2) is 4.39 Å². The van der Waals surface area contributed by atoms with Crippen molar-refractivity contribution in [3.05, 3.63) is 59.4 Å². The largest absolute Gasteiger partial charge is 0.326 e. The van der Waals surface area contributed by atoms with Gasteiger partial charge in [0.15, 0.2) is 0 Å². The Labute approximate surface area is 180 Å². The van der Waals surface area contributed by atoms with Gasteiger partial charge in [-0.1, -0.05) is 24.3 Å². The van der Waals surface area contributed by atoms with E-state index in [1.54, 1.807) is 18.2 Å². The van der Waals surface area contributed by atoms with Crippen LogP contribution in [0.4, 0.5) is 15.8 Å². The second kappa shape index (κ2) is 9.18. The predicted octanol–water partition coefficient (Wildman–Crippen LogP) is 3.67. The van der Waals surface area contributed by atoms with Crippen LogP contribution >= 0.6 is 11.8 Å². The molecule has 1 N–H and O–H groups in total. The molecule has 2 aromatic rings. The van der Waals surface area contributed by atoms with E-state index < -0.39 is 11.7 Å². The molecule has 2 aliphatic rings. The van der Waals surface area contributed by atoms with E-state index in [2.05, 4.69) is 16.3 Å². The third-order valence-corrected chi connectivity index (χ3v) is 6.65. The van der Waals surface area contributed by atoms with Crippen molar-refractivity contribution in [3.63, 3.8) is 0 Å². The van der Waals surface area contributed by atoms with Crippen LogP contribution in [0.15, 0.2) is 42.5 Å². The molecule has 0 radical (unpaired) electrons. The van der Waals surface area contributed by atoms with Gasteiger partial charge in [0.1, 0.15) is 5.82 Å². The van der Waals surface area contributed by atoms with Gasteiger partial charge >= 0.3 is 0 Å². The molecule has 2 saturated heterocycles. The van der Waals surface area contributed by atoms with Gasteiger partial charge in [-0.3, -0.25) is 14.5 Å². The molecule has 0 bridgehead atoms. The number of nitrogens with one attached hydrogen (secondary N) is 1. The second-order valence-electron chi connectivity index (χ2n) is 7.88. The van der Waals surface area contributed by atoms with Crippen LogP contribution in [0.3, 0.4) is 0 Å². The first kappa shape index (κ1) is 20.9. The lowest BCUT2D eigenvalue weighted by atomic mass is 10.1. The van der Waals surface area contributed by atoms with E-state index in [-0.39, 0.29) is 30.5 Å². The van der Waals surface area contributed by atoms with Crippen molar-refractivity contribution in [2.75, 3.05) is 41.4 Å². The Kier molecular flexibility index (Phi) is 6.39. The molecule has 1 unspecified atom stereocenters. The summed E-state index contributed by atoms with van der Waals surface area (Å²) in [6, 6.07) is 12.3. The molecule has 158 valence electrons. The summed E-state index contributed by atoms with van der Waals surface area (Å²) in [7, 11) is 0. The Bertz CT molecular complexity index is 946. The van der Waals surface area contributed by atoms with Crippen LogP contribution in [0, 0.1) is 18.7 Å². The molecule has 7 heteroatoms. The van der Waals surface area contributed by atoms with E-state index in [0.29, 0.717) is 0 Å². The fourth-order valence-electron chi connectivity index (χ4n) is 3.94. The van der Waals surface area contributed by atoms with Crippen LogP contribution < -0.4 is 10.2 Å². The minimum absolute atomic E-state index is 0.0876. The molecule has 2 aliphatic heterocycles. The number of halogens is 1. The van der Waals surface area contributed by atoms with E-state index in [9.17, 15) is 14.0 Å². The highest BCUT2D eigenvalue weighted by molar-refractivity contribution is 7.99. The standard InChI is InChI=1S/C23H26FN3O2S/c1-16-6-7-17(14-26-8-10-30-11-9-26)12-20(16)25-23(29)18-13-22(28)27(15-18)21-5-3-2-4-19(21)24/h2-7,12,18H,8-11,13-15H2,1H3,(H,25,29). The minimum Gasteiger partial charge on any atom is -0.326 e. The second-order valence-corrected chi connectivity index (χ2v) is 9.11. The predicted molar refractivity (Wildman–Crippen MR) is 119 cm³/mol. The summed E-state index contributed by atoms with van der Waals surface area (Å²) in [5.41, 5.74) is 3.16. The Hall–Kier alpha value is -2.38. The minimum atomic E-state index is -0.501. The Morgan fingerprint density at radius 1 is 1.20 bits per heavy atom. The average Bonchev–Trinajstić information content (AvgIpc) is 3.13. The third kappa shape index (κ3) is 4.68. The van der Waals surface area contributed by atoms with Gasteiger partial charge in [-0.15, -0.1) is 0 Å². The lowest BCUT2D eigenvalue weighted by Gasteiger charge is -2.26. The van der Waals surface area contributed by atoms with Gasteiger partial charge < -0.3 is 10.2 Å². The number of amides is 2. The molecule has 0 spiro atoms. The number of rotatable bonds is 5. The lowest BCUT2D eigenvalue weighted by molar-refractivity contribution is -0.122. The number of anilines is 2. The molecule has 2 fully saturated rings. The molecular formula is C23H26FN3O2S. The first-order chi connectivity index (χ1) is 14.5. The lowest BCUT2D eigenvalue weighted by Crippen LogP contribution is -2.32. The molecule has 2 aromatic carbocycles. The number of hydrogen-bond acceptors (Lipinski definition) is 4. The number of carbonyl (C=O) groups is 2. The molecule has 0 aliphatic carbocycles. The van der Waals surface area contributed by atoms with Crippen LogP contribution in [0.2, 0.25) is 0 Å². The summed E-state index contributed by atoms with van der Waals surface area (Å²) in [4.78, 5) is 29.1. The third-order valence-electron chi connectivity index (χ3n) is 5.71. The maximum atomic E-state index is 14.1. The van der Waals surface area contributed by atoms with Crippen molar-refractivity contribution in [1.82, 2.24) is 4.90 Å². The highest BCUT2D eigenvalue weighted by atomic mass is 32.2. The normalized spacial score (nSPS) is 19.9. The van der Waals surface area contributed by atoms with E-state index in [4.69, 9.17) is 0 Å². The molecule has 2 heterocycles. The monoisotopic (exact) mass is 427 g/mol. The quantitative estimate of drug-likeness (QED) is 0.791. The van der Waals surface area contributed by atoms with E-state index in [1.165, 1.54) is 16.5 Å². The number of carbonyl (C=O) groups excluding carboxylic acids is 2. The van der Waals surface area contributed by atoms with Crippen LogP contribution in [0.25, 0.3) is 0 Å². The Morgan fingerprint density at radius 3 is 2.73 bits per heavy atom. The summed E-state index contributed by atoms with van der Waals surface area (Å²) in [6.45, 7) is 5.18. The highest BCUT2D eigenvalue weighted by Crippen LogP contribution is 2.28. The maximum absolute atomic E-state index is 14.1. The van der Waals surface area contributed by atoms with E-state index in [0.717, 1.165) is 42.4 Å². The number of nitrogens with zero attached hydrogens (tertiary/aromatic N) is 2. The summed E-state index contributed by atoms with van der Waals surface area (Å²) in [5.74, 6) is 0.934. The number of para-hydroxylation sites is 1. The zero-order valence-corrected chi connectivity index (χ0v) is 17.9.